The molecular weight excluding hydrogens is 166 g/mol. The predicted octanol–water partition coefficient (Wildman–Crippen LogP) is 2.11. The topological polar surface area (TPSA) is 35.2 Å². The van der Waals surface area contributed by atoms with Crippen molar-refractivity contribution in [3.05, 3.63) is 0 Å². The lowest BCUT2D eigenvalue weighted by Crippen LogP contribution is -2.37. The minimum atomic E-state index is -1.31. The first-order chi connectivity index (χ1) is 5.47. The van der Waals surface area contributed by atoms with Crippen molar-refractivity contribution in [1.82, 2.24) is 0 Å². The molecule has 0 aromatic carbocycles. The first kappa shape index (κ1) is 10.2. The minimum Gasteiger partial charge on any atom is -0.415 e. The van der Waals surface area contributed by atoms with E-state index in [9.17, 15) is 0 Å². The molecule has 1 aliphatic carbocycles. The molecule has 72 valence electrons. The Hall–Kier alpha value is 0.137. The Morgan fingerprint density at radius 3 is 2.00 bits per heavy atom. The van der Waals surface area contributed by atoms with Gasteiger partial charge in [0.15, 0.2) is 8.32 Å². The molecule has 1 rings (SSSR count). The summed E-state index contributed by atoms with van der Waals surface area (Å²) in [7, 11) is -1.31. The van der Waals surface area contributed by atoms with Gasteiger partial charge in [-0.2, -0.15) is 0 Å². The lowest BCUT2D eigenvalue weighted by atomic mass is 9.94. The van der Waals surface area contributed by atoms with Crippen LogP contribution in [0.4, 0.5) is 0 Å². The third kappa shape index (κ3) is 3.69. The van der Waals surface area contributed by atoms with E-state index in [0.29, 0.717) is 12.1 Å². The Morgan fingerprint density at radius 2 is 1.58 bits per heavy atom. The van der Waals surface area contributed by atoms with E-state index >= 15 is 0 Å². The molecule has 0 aliphatic heterocycles. The predicted molar refractivity (Wildman–Crippen MR) is 54.7 cm³/mol. The zero-order valence-corrected chi connectivity index (χ0v) is 9.47. The lowest BCUT2D eigenvalue weighted by Gasteiger charge is -2.31. The van der Waals surface area contributed by atoms with Crippen molar-refractivity contribution in [1.29, 1.82) is 0 Å². The van der Waals surface area contributed by atoms with Gasteiger partial charge in [0.2, 0.25) is 0 Å². The van der Waals surface area contributed by atoms with E-state index in [0.717, 1.165) is 12.8 Å². The molecule has 3 heteroatoms. The first-order valence-corrected chi connectivity index (χ1v) is 8.31. The van der Waals surface area contributed by atoms with E-state index in [4.69, 9.17) is 10.2 Å². The summed E-state index contributed by atoms with van der Waals surface area (Å²) in [5.74, 6) is 0. The van der Waals surface area contributed by atoms with Gasteiger partial charge in [-0.15, -0.1) is 0 Å². The van der Waals surface area contributed by atoms with Gasteiger partial charge in [-0.05, 0) is 45.3 Å². The van der Waals surface area contributed by atoms with Crippen LogP contribution in [0.2, 0.25) is 19.6 Å². The Balaban J connectivity index is 2.26. The molecule has 2 N–H and O–H groups in total. The van der Waals surface area contributed by atoms with Crippen LogP contribution >= 0.6 is 0 Å². The molecule has 0 radical (unpaired) electrons. The van der Waals surface area contributed by atoms with Gasteiger partial charge in [-0.25, -0.2) is 0 Å². The maximum atomic E-state index is 6.01. The molecule has 0 heterocycles. The molecule has 2 nitrogen and oxygen atoms in total. The van der Waals surface area contributed by atoms with E-state index < -0.39 is 8.32 Å². The second-order valence-electron chi connectivity index (χ2n) is 4.77. The summed E-state index contributed by atoms with van der Waals surface area (Å²) in [5.41, 5.74) is 5.82. The second kappa shape index (κ2) is 3.90. The fourth-order valence-electron chi connectivity index (χ4n) is 1.71. The van der Waals surface area contributed by atoms with Crippen LogP contribution in [0.3, 0.4) is 0 Å². The number of hydrogen-bond acceptors (Lipinski definition) is 2. The van der Waals surface area contributed by atoms with Crippen molar-refractivity contribution in [2.24, 2.45) is 5.73 Å². The molecule has 1 saturated carbocycles. The van der Waals surface area contributed by atoms with Crippen LogP contribution in [-0.2, 0) is 4.43 Å². The second-order valence-corrected chi connectivity index (χ2v) is 9.23. The van der Waals surface area contributed by atoms with Gasteiger partial charge in [-0.1, -0.05) is 0 Å². The van der Waals surface area contributed by atoms with Gasteiger partial charge in [0.25, 0.3) is 0 Å². The molecule has 0 amide bonds. The molecule has 1 fully saturated rings. The summed E-state index contributed by atoms with van der Waals surface area (Å²) in [6.45, 7) is 6.75. The smallest absolute Gasteiger partial charge is 0.184 e. The third-order valence-corrected chi connectivity index (χ3v) is 3.28. The molecule has 0 bridgehead atoms. The monoisotopic (exact) mass is 187 g/mol. The third-order valence-electron chi connectivity index (χ3n) is 2.24. The summed E-state index contributed by atoms with van der Waals surface area (Å²) in [6.07, 6.45) is 5.15. The van der Waals surface area contributed by atoms with Crippen molar-refractivity contribution in [3.8, 4) is 0 Å². The molecule has 0 spiro atoms. The van der Waals surface area contributed by atoms with E-state index in [1.165, 1.54) is 12.8 Å². The molecule has 1 aliphatic rings. The Bertz CT molecular complexity index is 136. The van der Waals surface area contributed by atoms with Gasteiger partial charge in [0.05, 0.1) is 0 Å². The van der Waals surface area contributed by atoms with Crippen LogP contribution in [0.25, 0.3) is 0 Å². The van der Waals surface area contributed by atoms with Crippen molar-refractivity contribution >= 4 is 8.32 Å². The Morgan fingerprint density at radius 1 is 1.08 bits per heavy atom. The van der Waals surface area contributed by atoms with Crippen molar-refractivity contribution in [3.63, 3.8) is 0 Å². The average Bonchev–Trinajstić information content (AvgIpc) is 1.91. The van der Waals surface area contributed by atoms with Crippen LogP contribution in [0.5, 0.6) is 0 Å². The van der Waals surface area contributed by atoms with Crippen molar-refractivity contribution in [2.75, 3.05) is 0 Å². The van der Waals surface area contributed by atoms with E-state index in [-0.39, 0.29) is 0 Å². The average molecular weight is 187 g/mol. The van der Waals surface area contributed by atoms with Crippen LogP contribution in [-0.4, -0.2) is 20.5 Å². The zero-order valence-electron chi connectivity index (χ0n) is 8.47. The minimum absolute atomic E-state index is 0.437. The Labute approximate surface area is 76.6 Å². The fourth-order valence-corrected chi connectivity index (χ4v) is 2.94. The quantitative estimate of drug-likeness (QED) is 0.672. The van der Waals surface area contributed by atoms with Gasteiger partial charge in [0.1, 0.15) is 0 Å². The van der Waals surface area contributed by atoms with Gasteiger partial charge in [-0.3, -0.25) is 0 Å². The highest BCUT2D eigenvalue weighted by Crippen LogP contribution is 2.22. The van der Waals surface area contributed by atoms with Gasteiger partial charge >= 0.3 is 0 Å². The highest BCUT2D eigenvalue weighted by atomic mass is 28.4. The van der Waals surface area contributed by atoms with Gasteiger partial charge in [0, 0.05) is 12.1 Å². The molecular formula is C9H21NOSi. The molecule has 0 aromatic rings. The van der Waals surface area contributed by atoms with Crippen molar-refractivity contribution in [2.45, 2.75) is 57.5 Å². The summed E-state index contributed by atoms with van der Waals surface area (Å²) in [4.78, 5) is 0. The number of rotatable bonds is 2. The molecule has 12 heavy (non-hydrogen) atoms. The maximum Gasteiger partial charge on any atom is 0.184 e. The lowest BCUT2D eigenvalue weighted by molar-refractivity contribution is 0.140. The highest BCUT2D eigenvalue weighted by Gasteiger charge is 2.24. The van der Waals surface area contributed by atoms with Crippen LogP contribution in [0, 0.1) is 0 Å². The zero-order chi connectivity index (χ0) is 9.19. The van der Waals surface area contributed by atoms with Crippen molar-refractivity contribution < 1.29 is 4.43 Å². The largest absolute Gasteiger partial charge is 0.415 e. The fraction of sp³-hybridized carbons (Fsp3) is 1.00. The summed E-state index contributed by atoms with van der Waals surface area (Å²) in [6, 6.07) is 0.437. The summed E-state index contributed by atoms with van der Waals surface area (Å²) >= 11 is 0. The SMILES string of the molecule is C[Si](C)(C)O[C@H]1CC[C@H](N)CC1. The number of hydrogen-bond donors (Lipinski definition) is 1. The molecule has 0 atom stereocenters. The van der Waals surface area contributed by atoms with E-state index in [1.807, 2.05) is 0 Å². The molecule has 0 aromatic heterocycles. The first-order valence-electron chi connectivity index (χ1n) is 4.91. The number of nitrogens with two attached hydrogens (primary N) is 1. The highest BCUT2D eigenvalue weighted by molar-refractivity contribution is 6.69. The van der Waals surface area contributed by atoms with Crippen LogP contribution in [0.1, 0.15) is 25.7 Å². The summed E-state index contributed by atoms with van der Waals surface area (Å²) < 4.78 is 6.01. The van der Waals surface area contributed by atoms with E-state index in [2.05, 4.69) is 19.6 Å². The maximum absolute atomic E-state index is 6.01. The summed E-state index contributed by atoms with van der Waals surface area (Å²) in [5, 5.41) is 0. The Kier molecular flexibility index (Phi) is 3.32. The standard InChI is InChI=1S/C9H21NOSi/c1-12(2,3)11-9-6-4-8(10)5-7-9/h8-9H,4-7,10H2,1-3H3/t8-,9-. The normalized spacial score (nSPS) is 32.0. The molecule has 0 saturated heterocycles. The van der Waals surface area contributed by atoms with E-state index in [1.54, 1.807) is 0 Å². The molecule has 0 unspecified atom stereocenters. The van der Waals surface area contributed by atoms with Crippen LogP contribution in [0.15, 0.2) is 0 Å². The van der Waals surface area contributed by atoms with Gasteiger partial charge < -0.3 is 10.2 Å². The van der Waals surface area contributed by atoms with Crippen LogP contribution < -0.4 is 5.73 Å².